The fraction of sp³-hybridized carbons (Fsp3) is 0.667. The number of rotatable bonds is 2. The zero-order chi connectivity index (χ0) is 12.4. The SMILES string of the molecule is Cc1cncc(C(N)C2CC(C)CC(C)C2)c1. The second-order valence-corrected chi connectivity index (χ2v) is 6.00. The molecule has 0 spiro atoms. The first-order valence-corrected chi connectivity index (χ1v) is 6.73. The molecular formula is C15H24N2. The Balaban J connectivity index is 2.11. The molecule has 1 aliphatic rings. The number of hydrogen-bond donors (Lipinski definition) is 1. The van der Waals surface area contributed by atoms with Crippen LogP contribution in [0.4, 0.5) is 0 Å². The van der Waals surface area contributed by atoms with Crippen LogP contribution in [0.25, 0.3) is 0 Å². The highest BCUT2D eigenvalue weighted by Gasteiger charge is 2.28. The fourth-order valence-corrected chi connectivity index (χ4v) is 3.34. The predicted molar refractivity (Wildman–Crippen MR) is 71.6 cm³/mol. The zero-order valence-corrected chi connectivity index (χ0v) is 11.2. The Kier molecular flexibility index (Phi) is 3.82. The third-order valence-electron chi connectivity index (χ3n) is 4.00. The lowest BCUT2D eigenvalue weighted by Crippen LogP contribution is -2.29. The van der Waals surface area contributed by atoms with E-state index in [-0.39, 0.29) is 6.04 Å². The van der Waals surface area contributed by atoms with Crippen molar-refractivity contribution < 1.29 is 0 Å². The van der Waals surface area contributed by atoms with Crippen molar-refractivity contribution in [2.75, 3.05) is 0 Å². The summed E-state index contributed by atoms with van der Waals surface area (Å²) in [6.45, 7) is 6.78. The van der Waals surface area contributed by atoms with Gasteiger partial charge >= 0.3 is 0 Å². The molecule has 17 heavy (non-hydrogen) atoms. The maximum absolute atomic E-state index is 6.42. The summed E-state index contributed by atoms with van der Waals surface area (Å²) in [6, 6.07) is 2.34. The van der Waals surface area contributed by atoms with Crippen molar-refractivity contribution in [2.45, 2.75) is 46.1 Å². The molecule has 0 bridgehead atoms. The van der Waals surface area contributed by atoms with Gasteiger partial charge in [0, 0.05) is 18.4 Å². The highest BCUT2D eigenvalue weighted by molar-refractivity contribution is 5.20. The van der Waals surface area contributed by atoms with Gasteiger partial charge in [0.15, 0.2) is 0 Å². The molecule has 1 fully saturated rings. The van der Waals surface area contributed by atoms with E-state index in [1.54, 1.807) is 0 Å². The fourth-order valence-electron chi connectivity index (χ4n) is 3.34. The van der Waals surface area contributed by atoms with E-state index in [9.17, 15) is 0 Å². The average Bonchev–Trinajstić information content (AvgIpc) is 2.26. The molecule has 94 valence electrons. The zero-order valence-electron chi connectivity index (χ0n) is 11.2. The molecule has 0 saturated heterocycles. The van der Waals surface area contributed by atoms with E-state index in [2.05, 4.69) is 31.8 Å². The van der Waals surface area contributed by atoms with Crippen LogP contribution in [-0.2, 0) is 0 Å². The van der Waals surface area contributed by atoms with E-state index in [4.69, 9.17) is 5.73 Å². The molecule has 2 N–H and O–H groups in total. The summed E-state index contributed by atoms with van der Waals surface area (Å²) in [4.78, 5) is 4.26. The lowest BCUT2D eigenvalue weighted by atomic mass is 9.73. The largest absolute Gasteiger partial charge is 0.324 e. The summed E-state index contributed by atoms with van der Waals surface area (Å²) in [5.74, 6) is 2.25. The molecule has 1 aromatic rings. The molecule has 2 nitrogen and oxygen atoms in total. The maximum Gasteiger partial charge on any atom is 0.0339 e. The summed E-state index contributed by atoms with van der Waals surface area (Å²) in [6.07, 6.45) is 7.71. The van der Waals surface area contributed by atoms with Crippen LogP contribution in [-0.4, -0.2) is 4.98 Å². The summed E-state index contributed by atoms with van der Waals surface area (Å²) in [5.41, 5.74) is 8.83. The molecule has 2 heteroatoms. The number of hydrogen-bond acceptors (Lipinski definition) is 2. The van der Waals surface area contributed by atoms with Crippen LogP contribution >= 0.6 is 0 Å². The molecule has 3 atom stereocenters. The van der Waals surface area contributed by atoms with E-state index >= 15 is 0 Å². The number of aromatic nitrogens is 1. The van der Waals surface area contributed by atoms with Gasteiger partial charge in [-0.1, -0.05) is 19.9 Å². The Morgan fingerprint density at radius 1 is 1.18 bits per heavy atom. The molecule has 1 saturated carbocycles. The molecule has 0 aromatic carbocycles. The molecule has 1 aromatic heterocycles. The smallest absolute Gasteiger partial charge is 0.0339 e. The molecule has 0 amide bonds. The second kappa shape index (κ2) is 5.18. The first-order valence-electron chi connectivity index (χ1n) is 6.73. The average molecular weight is 232 g/mol. The standard InChI is InChI=1S/C15H24N2/c1-10-4-11(2)6-13(5-10)15(16)14-7-12(3)8-17-9-14/h7-11,13,15H,4-6,16H2,1-3H3. The Bertz CT molecular complexity index is 365. The minimum Gasteiger partial charge on any atom is -0.324 e. The van der Waals surface area contributed by atoms with Crippen molar-refractivity contribution >= 4 is 0 Å². The van der Waals surface area contributed by atoms with Gasteiger partial charge in [-0.15, -0.1) is 0 Å². The van der Waals surface area contributed by atoms with Gasteiger partial charge in [-0.25, -0.2) is 0 Å². The van der Waals surface area contributed by atoms with Crippen LogP contribution < -0.4 is 5.73 Å². The normalized spacial score (nSPS) is 31.2. The van der Waals surface area contributed by atoms with Crippen LogP contribution in [0.5, 0.6) is 0 Å². The quantitative estimate of drug-likeness (QED) is 0.848. The van der Waals surface area contributed by atoms with Gasteiger partial charge in [0.2, 0.25) is 0 Å². The van der Waals surface area contributed by atoms with E-state index in [0.29, 0.717) is 5.92 Å². The summed E-state index contributed by atoms with van der Waals surface area (Å²) in [5, 5.41) is 0. The molecule has 0 aliphatic heterocycles. The number of pyridine rings is 1. The van der Waals surface area contributed by atoms with E-state index < -0.39 is 0 Å². The van der Waals surface area contributed by atoms with Crippen molar-refractivity contribution in [3.63, 3.8) is 0 Å². The molecule has 0 radical (unpaired) electrons. The highest BCUT2D eigenvalue weighted by atomic mass is 14.7. The topological polar surface area (TPSA) is 38.9 Å². The summed E-state index contributed by atoms with van der Waals surface area (Å²) >= 11 is 0. The third-order valence-corrected chi connectivity index (χ3v) is 4.00. The van der Waals surface area contributed by atoms with Crippen LogP contribution in [0.1, 0.15) is 50.3 Å². The highest BCUT2D eigenvalue weighted by Crippen LogP contribution is 2.38. The van der Waals surface area contributed by atoms with Crippen LogP contribution in [0.15, 0.2) is 18.5 Å². The lowest BCUT2D eigenvalue weighted by molar-refractivity contribution is 0.193. The van der Waals surface area contributed by atoms with Gasteiger partial charge in [0.05, 0.1) is 0 Å². The Morgan fingerprint density at radius 3 is 2.41 bits per heavy atom. The Labute approximate surface area is 105 Å². The first-order chi connectivity index (χ1) is 8.06. The van der Waals surface area contributed by atoms with Crippen molar-refractivity contribution in [1.82, 2.24) is 4.98 Å². The van der Waals surface area contributed by atoms with Crippen molar-refractivity contribution in [1.29, 1.82) is 0 Å². The number of nitrogens with two attached hydrogens (primary N) is 1. The molecule has 3 unspecified atom stereocenters. The van der Waals surface area contributed by atoms with Gasteiger partial charge in [-0.05, 0) is 55.1 Å². The third kappa shape index (κ3) is 3.06. The van der Waals surface area contributed by atoms with Crippen molar-refractivity contribution in [3.8, 4) is 0 Å². The number of nitrogens with zero attached hydrogens (tertiary/aromatic N) is 1. The van der Waals surface area contributed by atoms with Crippen LogP contribution in [0.2, 0.25) is 0 Å². The monoisotopic (exact) mass is 232 g/mol. The van der Waals surface area contributed by atoms with Gasteiger partial charge in [0.25, 0.3) is 0 Å². The Hall–Kier alpha value is -0.890. The van der Waals surface area contributed by atoms with Crippen LogP contribution in [0.3, 0.4) is 0 Å². The minimum atomic E-state index is 0.160. The van der Waals surface area contributed by atoms with Gasteiger partial charge in [-0.3, -0.25) is 4.98 Å². The van der Waals surface area contributed by atoms with E-state index in [1.807, 2.05) is 12.4 Å². The van der Waals surface area contributed by atoms with E-state index in [1.165, 1.54) is 30.4 Å². The summed E-state index contributed by atoms with van der Waals surface area (Å²) < 4.78 is 0. The van der Waals surface area contributed by atoms with Crippen molar-refractivity contribution in [3.05, 3.63) is 29.6 Å². The lowest BCUT2D eigenvalue weighted by Gasteiger charge is -2.35. The van der Waals surface area contributed by atoms with Gasteiger partial charge < -0.3 is 5.73 Å². The molecule has 1 aliphatic carbocycles. The van der Waals surface area contributed by atoms with Crippen LogP contribution in [0, 0.1) is 24.7 Å². The second-order valence-electron chi connectivity index (χ2n) is 6.00. The Morgan fingerprint density at radius 2 is 1.82 bits per heavy atom. The predicted octanol–water partition coefficient (Wildman–Crippen LogP) is 3.46. The minimum absolute atomic E-state index is 0.160. The molecule has 1 heterocycles. The molecular weight excluding hydrogens is 208 g/mol. The van der Waals surface area contributed by atoms with Gasteiger partial charge in [-0.2, -0.15) is 0 Å². The van der Waals surface area contributed by atoms with Crippen molar-refractivity contribution in [2.24, 2.45) is 23.5 Å². The molecule has 2 rings (SSSR count). The maximum atomic E-state index is 6.42. The number of aryl methyl sites for hydroxylation is 1. The first kappa shape index (κ1) is 12.6. The summed E-state index contributed by atoms with van der Waals surface area (Å²) in [7, 11) is 0. The van der Waals surface area contributed by atoms with Gasteiger partial charge in [0.1, 0.15) is 0 Å². The van der Waals surface area contributed by atoms with E-state index in [0.717, 1.165) is 11.8 Å².